The quantitative estimate of drug-likeness (QED) is 0.594. The largest absolute Gasteiger partial charge is 0.514 e. The molecule has 0 aliphatic heterocycles. The van der Waals surface area contributed by atoms with Crippen LogP contribution in [0.3, 0.4) is 0 Å². The minimum Gasteiger partial charge on any atom is -0.514 e. The van der Waals surface area contributed by atoms with Gasteiger partial charge in [0.15, 0.2) is 0 Å². The van der Waals surface area contributed by atoms with Crippen molar-refractivity contribution in [3.8, 4) is 11.5 Å². The van der Waals surface area contributed by atoms with E-state index < -0.39 is 9.28 Å². The maximum Gasteiger partial charge on any atom is 0.445 e. The Hall–Kier alpha value is -1.45. The van der Waals surface area contributed by atoms with Crippen molar-refractivity contribution in [2.45, 2.75) is 6.04 Å². The van der Waals surface area contributed by atoms with Crippen molar-refractivity contribution in [2.75, 3.05) is 5.88 Å². The van der Waals surface area contributed by atoms with E-state index in [1.807, 2.05) is 60.7 Å². The number of rotatable bonds is 6. The lowest BCUT2D eigenvalue weighted by Crippen LogP contribution is -2.30. The molecule has 0 aliphatic rings. The molecule has 0 radical (unpaired) electrons. The molecule has 0 saturated heterocycles. The van der Waals surface area contributed by atoms with E-state index in [1.54, 1.807) is 0 Å². The maximum absolute atomic E-state index is 5.89. The third-order valence-electron chi connectivity index (χ3n) is 2.37. The smallest absolute Gasteiger partial charge is 0.445 e. The van der Waals surface area contributed by atoms with E-state index in [0.29, 0.717) is 5.88 Å². The second kappa shape index (κ2) is 7.09. The fourth-order valence-electron chi connectivity index (χ4n) is 1.53. The van der Waals surface area contributed by atoms with Crippen molar-refractivity contribution in [3.63, 3.8) is 0 Å². The number of para-hydroxylation sites is 2. The van der Waals surface area contributed by atoms with E-state index in [0.717, 1.165) is 17.5 Å². The highest BCUT2D eigenvalue weighted by molar-refractivity contribution is 6.47. The number of halogens is 1. The van der Waals surface area contributed by atoms with Crippen LogP contribution in [0.15, 0.2) is 60.7 Å². The molecule has 0 saturated carbocycles. The maximum atomic E-state index is 5.89. The number of hydrogen-bond donors (Lipinski definition) is 0. The standard InChI is InChI=1S/C14H15ClO2Si/c15-11-12-18(16-13-7-3-1-4-8-13)17-14-9-5-2-6-10-14/h1-10,18H,11-12H2. The summed E-state index contributed by atoms with van der Waals surface area (Å²) in [6.45, 7) is 0. The van der Waals surface area contributed by atoms with Crippen molar-refractivity contribution >= 4 is 20.9 Å². The van der Waals surface area contributed by atoms with E-state index in [2.05, 4.69) is 0 Å². The zero-order valence-electron chi connectivity index (χ0n) is 9.96. The first kappa shape index (κ1) is 13.0. The second-order valence-electron chi connectivity index (χ2n) is 3.77. The first-order valence-corrected chi connectivity index (χ1v) is 8.17. The molecule has 2 aromatic rings. The van der Waals surface area contributed by atoms with Gasteiger partial charge in [0, 0.05) is 11.9 Å². The molecule has 94 valence electrons. The summed E-state index contributed by atoms with van der Waals surface area (Å²) in [4.78, 5) is 0. The van der Waals surface area contributed by atoms with Gasteiger partial charge in [-0.15, -0.1) is 11.6 Å². The Morgan fingerprint density at radius 3 is 1.61 bits per heavy atom. The van der Waals surface area contributed by atoms with Gasteiger partial charge < -0.3 is 8.85 Å². The van der Waals surface area contributed by atoms with Crippen molar-refractivity contribution in [2.24, 2.45) is 0 Å². The molecule has 0 bridgehead atoms. The monoisotopic (exact) mass is 278 g/mol. The zero-order chi connectivity index (χ0) is 12.6. The van der Waals surface area contributed by atoms with E-state index in [1.165, 1.54) is 0 Å². The van der Waals surface area contributed by atoms with Crippen molar-refractivity contribution in [1.82, 2.24) is 0 Å². The fourth-order valence-corrected chi connectivity index (χ4v) is 3.45. The van der Waals surface area contributed by atoms with Gasteiger partial charge in [-0.05, 0) is 24.3 Å². The van der Waals surface area contributed by atoms with Crippen LogP contribution in [0.5, 0.6) is 11.5 Å². The van der Waals surface area contributed by atoms with Crippen LogP contribution >= 0.6 is 11.6 Å². The second-order valence-corrected chi connectivity index (χ2v) is 6.05. The third-order valence-corrected chi connectivity index (χ3v) is 4.78. The molecular formula is C14H15ClO2Si. The van der Waals surface area contributed by atoms with Crippen LogP contribution in [0.2, 0.25) is 6.04 Å². The molecule has 0 aliphatic carbocycles. The van der Waals surface area contributed by atoms with Crippen LogP contribution in [0, 0.1) is 0 Å². The number of benzene rings is 2. The van der Waals surface area contributed by atoms with E-state index in [9.17, 15) is 0 Å². The summed E-state index contributed by atoms with van der Waals surface area (Å²) >= 11 is 5.80. The molecule has 2 rings (SSSR count). The minimum atomic E-state index is -1.82. The molecule has 18 heavy (non-hydrogen) atoms. The highest BCUT2D eigenvalue weighted by Gasteiger charge is 2.16. The molecular weight excluding hydrogens is 264 g/mol. The summed E-state index contributed by atoms with van der Waals surface area (Å²) in [5.74, 6) is 2.24. The highest BCUT2D eigenvalue weighted by Crippen LogP contribution is 2.16. The van der Waals surface area contributed by atoms with Crippen LogP contribution in [0.4, 0.5) is 0 Å². The molecule has 0 heterocycles. The molecule has 0 aromatic heterocycles. The van der Waals surface area contributed by atoms with Crippen LogP contribution in [0.1, 0.15) is 0 Å². The Morgan fingerprint density at radius 2 is 1.22 bits per heavy atom. The van der Waals surface area contributed by atoms with Gasteiger partial charge in [0.2, 0.25) is 0 Å². The molecule has 0 atom stereocenters. The summed E-state index contributed by atoms with van der Waals surface area (Å²) in [6.07, 6.45) is 0. The Labute approximate surface area is 114 Å². The fraction of sp³-hybridized carbons (Fsp3) is 0.143. The van der Waals surface area contributed by atoms with Gasteiger partial charge in [-0.3, -0.25) is 0 Å². The molecule has 0 fully saturated rings. The SMILES string of the molecule is ClCC[SiH](Oc1ccccc1)Oc1ccccc1. The predicted octanol–water partition coefficient (Wildman–Crippen LogP) is 3.60. The normalized spacial score (nSPS) is 10.3. The third kappa shape index (κ3) is 4.09. The summed E-state index contributed by atoms with van der Waals surface area (Å²) in [5, 5.41) is 0. The molecule has 2 aromatic carbocycles. The molecule has 0 unspecified atom stereocenters. The van der Waals surface area contributed by atoms with Crippen LogP contribution in [0.25, 0.3) is 0 Å². The molecule has 0 spiro atoms. The van der Waals surface area contributed by atoms with E-state index >= 15 is 0 Å². The minimum absolute atomic E-state index is 0.552. The lowest BCUT2D eigenvalue weighted by molar-refractivity contribution is 0.423. The van der Waals surface area contributed by atoms with Crippen molar-refractivity contribution < 1.29 is 8.85 Å². The van der Waals surface area contributed by atoms with E-state index in [-0.39, 0.29) is 0 Å². The Kier molecular flexibility index (Phi) is 5.11. The summed E-state index contributed by atoms with van der Waals surface area (Å²) in [7, 11) is -1.82. The predicted molar refractivity (Wildman–Crippen MR) is 76.8 cm³/mol. The first-order valence-electron chi connectivity index (χ1n) is 5.88. The number of alkyl halides is 1. The molecule has 0 amide bonds. The summed E-state index contributed by atoms with van der Waals surface area (Å²) < 4.78 is 11.8. The topological polar surface area (TPSA) is 18.5 Å². The average molecular weight is 279 g/mol. The summed E-state index contributed by atoms with van der Waals surface area (Å²) in [5.41, 5.74) is 0. The van der Waals surface area contributed by atoms with Gasteiger partial charge in [-0.25, -0.2) is 0 Å². The van der Waals surface area contributed by atoms with Crippen molar-refractivity contribution in [3.05, 3.63) is 60.7 Å². The van der Waals surface area contributed by atoms with E-state index in [4.69, 9.17) is 20.5 Å². The first-order chi connectivity index (χ1) is 8.88. The Bertz CT molecular complexity index is 408. The Balaban J connectivity index is 2.00. The lowest BCUT2D eigenvalue weighted by atomic mass is 10.3. The highest BCUT2D eigenvalue weighted by atomic mass is 35.5. The van der Waals surface area contributed by atoms with Gasteiger partial charge in [0.1, 0.15) is 11.5 Å². The molecule has 0 N–H and O–H groups in total. The van der Waals surface area contributed by atoms with Gasteiger partial charge >= 0.3 is 9.28 Å². The van der Waals surface area contributed by atoms with Crippen molar-refractivity contribution in [1.29, 1.82) is 0 Å². The van der Waals surface area contributed by atoms with Crippen LogP contribution < -0.4 is 8.85 Å². The molecule has 2 nitrogen and oxygen atoms in total. The average Bonchev–Trinajstić information content (AvgIpc) is 2.41. The summed E-state index contributed by atoms with van der Waals surface area (Å²) in [6, 6.07) is 20.2. The van der Waals surface area contributed by atoms with Gasteiger partial charge in [-0.2, -0.15) is 0 Å². The van der Waals surface area contributed by atoms with Gasteiger partial charge in [-0.1, -0.05) is 36.4 Å². The number of hydrogen-bond acceptors (Lipinski definition) is 2. The Morgan fingerprint density at radius 1 is 0.778 bits per heavy atom. The van der Waals surface area contributed by atoms with Gasteiger partial charge in [0.05, 0.1) is 0 Å². The van der Waals surface area contributed by atoms with Crippen LogP contribution in [-0.2, 0) is 0 Å². The molecule has 4 heteroatoms. The zero-order valence-corrected chi connectivity index (χ0v) is 11.9. The lowest BCUT2D eigenvalue weighted by Gasteiger charge is -2.18. The van der Waals surface area contributed by atoms with Gasteiger partial charge in [0.25, 0.3) is 0 Å². The van der Waals surface area contributed by atoms with Crippen LogP contribution in [-0.4, -0.2) is 15.2 Å².